The quantitative estimate of drug-likeness (QED) is 0.431. The molecular weight excluding hydrogens is 436 g/mol. The maximum atomic E-state index is 12.8. The summed E-state index contributed by atoms with van der Waals surface area (Å²) in [6.45, 7) is 0.288. The molecule has 1 fully saturated rings. The Bertz CT molecular complexity index is 1160. The van der Waals surface area contributed by atoms with Crippen LogP contribution in [0.3, 0.4) is 0 Å². The summed E-state index contributed by atoms with van der Waals surface area (Å²) in [6.07, 6.45) is 1.32. The lowest BCUT2D eigenvalue weighted by atomic mass is 9.96. The molecule has 0 bridgehead atoms. The van der Waals surface area contributed by atoms with Gasteiger partial charge in [0.1, 0.15) is 0 Å². The third kappa shape index (κ3) is 4.97. The number of halogens is 1. The van der Waals surface area contributed by atoms with Crippen LogP contribution >= 0.6 is 11.6 Å². The second-order valence-corrected chi connectivity index (χ2v) is 7.28. The molecule has 8 nitrogen and oxygen atoms in total. The first-order valence-corrected chi connectivity index (χ1v) is 10.0. The maximum absolute atomic E-state index is 12.8. The number of rotatable bonds is 3. The van der Waals surface area contributed by atoms with E-state index in [0.717, 1.165) is 16.5 Å². The molecule has 1 atom stereocenters. The van der Waals surface area contributed by atoms with Crippen molar-refractivity contribution in [3.63, 3.8) is 0 Å². The van der Waals surface area contributed by atoms with Crippen molar-refractivity contribution in [3.05, 3.63) is 71.9 Å². The molecule has 1 unspecified atom stereocenters. The summed E-state index contributed by atoms with van der Waals surface area (Å²) in [5, 5.41) is 0.819. The van der Waals surface area contributed by atoms with Crippen molar-refractivity contribution in [2.75, 3.05) is 14.2 Å². The van der Waals surface area contributed by atoms with E-state index in [0.29, 0.717) is 5.52 Å². The van der Waals surface area contributed by atoms with Crippen molar-refractivity contribution < 1.29 is 28.7 Å². The van der Waals surface area contributed by atoms with E-state index in [1.54, 1.807) is 24.4 Å². The molecule has 0 spiro atoms. The number of benzene rings is 2. The van der Waals surface area contributed by atoms with E-state index in [1.165, 1.54) is 23.7 Å². The van der Waals surface area contributed by atoms with Crippen LogP contribution in [0, 0.1) is 0 Å². The van der Waals surface area contributed by atoms with E-state index in [-0.39, 0.29) is 24.8 Å². The van der Waals surface area contributed by atoms with E-state index in [2.05, 4.69) is 16.3 Å². The summed E-state index contributed by atoms with van der Waals surface area (Å²) in [5.74, 6) is -0.844. The summed E-state index contributed by atoms with van der Waals surface area (Å²) < 4.78 is 10.0. The Morgan fingerprint density at radius 3 is 2.34 bits per heavy atom. The van der Waals surface area contributed by atoms with Gasteiger partial charge in [-0.2, -0.15) is 0 Å². The predicted octanol–water partition coefficient (Wildman–Crippen LogP) is 4.29. The summed E-state index contributed by atoms with van der Waals surface area (Å²) in [4.78, 5) is 47.7. The van der Waals surface area contributed by atoms with Crippen molar-refractivity contribution in [2.24, 2.45) is 0 Å². The van der Waals surface area contributed by atoms with Crippen LogP contribution in [0.15, 0.2) is 60.8 Å². The van der Waals surface area contributed by atoms with Gasteiger partial charge in [0.15, 0.2) is 0 Å². The Morgan fingerprint density at radius 2 is 1.72 bits per heavy atom. The van der Waals surface area contributed by atoms with Gasteiger partial charge in [0.25, 0.3) is 0 Å². The van der Waals surface area contributed by atoms with Gasteiger partial charge in [-0.05, 0) is 29.3 Å². The Hall–Kier alpha value is -3.65. The minimum atomic E-state index is -0.773. The highest BCUT2D eigenvalue weighted by atomic mass is 35.5. The molecule has 2 heterocycles. The zero-order valence-electron chi connectivity index (χ0n) is 17.5. The first kappa shape index (κ1) is 23.0. The van der Waals surface area contributed by atoms with Gasteiger partial charge >= 0.3 is 11.5 Å². The topological polar surface area (TPSA) is 94.9 Å². The second kappa shape index (κ2) is 10.1. The number of carbonyl (C=O) groups is 4. The number of aromatic nitrogens is 1. The van der Waals surface area contributed by atoms with Crippen molar-refractivity contribution in [3.8, 4) is 0 Å². The zero-order valence-corrected chi connectivity index (χ0v) is 18.2. The molecule has 2 aromatic carbocycles. The number of methoxy groups -OCH3 is 2. The molecule has 0 saturated carbocycles. The zero-order chi connectivity index (χ0) is 23.3. The number of ether oxygens (including phenoxy) is 2. The molecule has 1 aliphatic heterocycles. The van der Waals surface area contributed by atoms with Gasteiger partial charge in [-0.25, -0.2) is 9.59 Å². The van der Waals surface area contributed by atoms with Crippen LogP contribution in [0.5, 0.6) is 0 Å². The van der Waals surface area contributed by atoms with Gasteiger partial charge in [0, 0.05) is 29.6 Å². The number of hydrogen-bond acceptors (Lipinski definition) is 6. The number of carbonyl (C=O) groups excluding carboxylic acids is 4. The number of likely N-dealkylation sites (tertiary alicyclic amines) is 1. The number of hydrogen-bond donors (Lipinski definition) is 0. The first-order chi connectivity index (χ1) is 15.3. The summed E-state index contributed by atoms with van der Waals surface area (Å²) >= 11 is 4.60. The first-order valence-electron chi connectivity index (χ1n) is 9.66. The molecule has 0 aliphatic carbocycles. The van der Waals surface area contributed by atoms with Crippen LogP contribution in [0.25, 0.3) is 10.9 Å². The average Bonchev–Trinajstić information content (AvgIpc) is 3.35. The predicted molar refractivity (Wildman–Crippen MR) is 117 cm³/mol. The molecule has 9 heteroatoms. The fourth-order valence-electron chi connectivity index (χ4n) is 3.51. The van der Waals surface area contributed by atoms with Gasteiger partial charge in [0.2, 0.25) is 11.8 Å². The van der Waals surface area contributed by atoms with Gasteiger partial charge in [-0.15, -0.1) is 0 Å². The Kier molecular flexibility index (Phi) is 7.27. The van der Waals surface area contributed by atoms with Crippen molar-refractivity contribution in [1.29, 1.82) is 0 Å². The molecule has 1 aliphatic rings. The van der Waals surface area contributed by atoms with Crippen LogP contribution in [0.2, 0.25) is 0 Å². The van der Waals surface area contributed by atoms with E-state index in [9.17, 15) is 19.2 Å². The van der Waals surface area contributed by atoms with Crippen LogP contribution in [-0.2, 0) is 25.6 Å². The van der Waals surface area contributed by atoms with Crippen LogP contribution in [-0.4, -0.2) is 47.0 Å². The smallest absolute Gasteiger partial charge is 0.418 e. The lowest BCUT2D eigenvalue weighted by Gasteiger charge is -2.15. The average molecular weight is 457 g/mol. The monoisotopic (exact) mass is 456 g/mol. The summed E-state index contributed by atoms with van der Waals surface area (Å²) in [7, 11) is 2.54. The molecule has 1 aromatic heterocycles. The third-order valence-electron chi connectivity index (χ3n) is 5.08. The molecule has 0 radical (unpaired) electrons. The van der Waals surface area contributed by atoms with Gasteiger partial charge in [0.05, 0.1) is 32.2 Å². The highest BCUT2D eigenvalue weighted by molar-refractivity contribution is 6.61. The lowest BCUT2D eigenvalue weighted by Crippen LogP contribution is -2.29. The highest BCUT2D eigenvalue weighted by Crippen LogP contribution is 2.32. The van der Waals surface area contributed by atoms with Gasteiger partial charge < -0.3 is 9.47 Å². The van der Waals surface area contributed by atoms with Crippen molar-refractivity contribution >= 4 is 45.8 Å². The van der Waals surface area contributed by atoms with Crippen LogP contribution < -0.4 is 0 Å². The van der Waals surface area contributed by atoms with Crippen molar-refractivity contribution in [1.82, 2.24) is 9.47 Å². The number of fused-ring (bicyclic) bond motifs is 1. The van der Waals surface area contributed by atoms with Crippen LogP contribution in [0.4, 0.5) is 9.59 Å². The summed E-state index contributed by atoms with van der Waals surface area (Å²) in [6, 6.07) is 16.7. The Morgan fingerprint density at radius 1 is 1.03 bits per heavy atom. The minimum Gasteiger partial charge on any atom is -0.457 e. The van der Waals surface area contributed by atoms with Crippen LogP contribution in [0.1, 0.15) is 23.5 Å². The minimum absolute atomic E-state index is 0.162. The summed E-state index contributed by atoms with van der Waals surface area (Å²) in [5.41, 5.74) is 1.62. The molecule has 166 valence electrons. The highest BCUT2D eigenvalue weighted by Gasteiger charge is 2.39. The molecule has 3 aromatic rings. The lowest BCUT2D eigenvalue weighted by molar-refractivity contribution is -0.139. The van der Waals surface area contributed by atoms with E-state index in [1.807, 2.05) is 36.4 Å². The van der Waals surface area contributed by atoms with Crippen molar-refractivity contribution in [2.45, 2.75) is 18.9 Å². The molecule has 32 heavy (non-hydrogen) atoms. The number of amides is 2. The standard InChI is InChI=1S/C21H18N2O4.C2H3ClO2/c1-27-21(26)22-10-9-16-11-15(7-8-18(16)22)17-12-19(24)23(20(17)25)13-14-5-3-2-4-6-14;1-5-2(3)4/h2-11,17H,12-13H2,1H3;1H3. The van der Waals surface area contributed by atoms with E-state index >= 15 is 0 Å². The second-order valence-electron chi connectivity index (χ2n) is 6.98. The molecule has 2 amide bonds. The molecule has 1 saturated heterocycles. The largest absolute Gasteiger partial charge is 0.457 e. The SMILES string of the molecule is COC(=O)Cl.COC(=O)n1ccc2cc(C3CC(=O)N(Cc4ccccc4)C3=O)ccc21. The van der Waals surface area contributed by atoms with E-state index in [4.69, 9.17) is 4.74 Å². The third-order valence-corrected chi connectivity index (χ3v) is 5.23. The molecular formula is C23H21ClN2O6. The number of imide groups is 1. The Labute approximate surface area is 189 Å². The fraction of sp³-hybridized carbons (Fsp3) is 0.217. The maximum Gasteiger partial charge on any atom is 0.418 e. The van der Waals surface area contributed by atoms with Gasteiger partial charge in [-0.1, -0.05) is 36.4 Å². The fourth-order valence-corrected chi connectivity index (χ4v) is 3.51. The molecule has 4 rings (SSSR count). The normalized spacial score (nSPS) is 15.3. The van der Waals surface area contributed by atoms with E-state index < -0.39 is 17.4 Å². The number of nitrogens with zero attached hydrogens (tertiary/aromatic N) is 2. The van der Waals surface area contributed by atoms with Gasteiger partial charge in [-0.3, -0.25) is 19.1 Å². The Balaban J connectivity index is 0.000000523. The molecule has 0 N–H and O–H groups in total.